The summed E-state index contributed by atoms with van der Waals surface area (Å²) >= 11 is 0. The van der Waals surface area contributed by atoms with Crippen LogP contribution in [-0.4, -0.2) is 53.9 Å². The zero-order valence-corrected chi connectivity index (χ0v) is 14.9. The Morgan fingerprint density at radius 2 is 2.08 bits per heavy atom. The van der Waals surface area contributed by atoms with Crippen LogP contribution >= 0.6 is 0 Å². The van der Waals surface area contributed by atoms with E-state index in [9.17, 15) is 9.90 Å². The van der Waals surface area contributed by atoms with Gasteiger partial charge < -0.3 is 14.6 Å². The number of fused-ring (bicyclic) bond motifs is 1. The Hall–Kier alpha value is -2.67. The molecule has 3 aromatic rings. The number of hydrogen-bond acceptors (Lipinski definition) is 4. The Bertz CT molecular complexity index is 921. The molecule has 0 saturated carbocycles. The number of rotatable bonds is 4. The topological polar surface area (TPSA) is 76.2 Å². The number of pyridine rings is 1. The van der Waals surface area contributed by atoms with E-state index in [1.54, 1.807) is 28.2 Å². The van der Waals surface area contributed by atoms with Crippen LogP contribution in [0.25, 0.3) is 10.9 Å². The second kappa shape index (κ2) is 6.57. The summed E-state index contributed by atoms with van der Waals surface area (Å²) in [6.45, 7) is 4.33. The van der Waals surface area contributed by atoms with E-state index in [0.29, 0.717) is 38.0 Å². The third-order valence-electron chi connectivity index (χ3n) is 5.23. The number of aromatic nitrogens is 4. The van der Waals surface area contributed by atoms with E-state index >= 15 is 0 Å². The molecule has 7 heteroatoms. The average Bonchev–Trinajstić information content (AvgIpc) is 3.29. The largest absolute Gasteiger partial charge is 0.388 e. The fraction of sp³-hybridized carbons (Fsp3) is 0.421. The SMILES string of the molecule is CCn1cc(C(=O)N2CCC(O)(Cn3ccc4ccncc43)CC2)cn1. The molecule has 3 aromatic heterocycles. The van der Waals surface area contributed by atoms with Gasteiger partial charge in [0.15, 0.2) is 0 Å². The Morgan fingerprint density at radius 3 is 2.81 bits per heavy atom. The quantitative estimate of drug-likeness (QED) is 0.777. The van der Waals surface area contributed by atoms with Gasteiger partial charge in [0.2, 0.25) is 0 Å². The van der Waals surface area contributed by atoms with Gasteiger partial charge in [0, 0.05) is 43.6 Å². The van der Waals surface area contributed by atoms with Gasteiger partial charge in [-0.2, -0.15) is 5.10 Å². The summed E-state index contributed by atoms with van der Waals surface area (Å²) in [5.74, 6) is -0.0117. The maximum absolute atomic E-state index is 12.6. The molecule has 1 aliphatic heterocycles. The Labute approximate surface area is 151 Å². The second-order valence-electron chi connectivity index (χ2n) is 6.98. The monoisotopic (exact) mass is 353 g/mol. The van der Waals surface area contributed by atoms with Crippen LogP contribution in [0.5, 0.6) is 0 Å². The second-order valence-corrected chi connectivity index (χ2v) is 6.98. The van der Waals surface area contributed by atoms with Gasteiger partial charge in [-0.1, -0.05) is 0 Å². The Morgan fingerprint density at radius 1 is 1.27 bits per heavy atom. The highest BCUT2D eigenvalue weighted by Gasteiger charge is 2.35. The first kappa shape index (κ1) is 16.8. The van der Waals surface area contributed by atoms with Crippen molar-refractivity contribution in [2.45, 2.75) is 38.5 Å². The number of piperidine rings is 1. The first-order chi connectivity index (χ1) is 12.6. The lowest BCUT2D eigenvalue weighted by Gasteiger charge is -2.38. The van der Waals surface area contributed by atoms with E-state index in [1.165, 1.54) is 0 Å². The minimum absolute atomic E-state index is 0.0117. The van der Waals surface area contributed by atoms with Gasteiger partial charge in [-0.15, -0.1) is 0 Å². The number of hydrogen-bond donors (Lipinski definition) is 1. The minimum Gasteiger partial charge on any atom is -0.388 e. The molecule has 1 fully saturated rings. The molecular formula is C19H23N5O2. The van der Waals surface area contributed by atoms with Crippen molar-refractivity contribution in [1.29, 1.82) is 0 Å². The van der Waals surface area contributed by atoms with Crippen LogP contribution < -0.4 is 0 Å². The third kappa shape index (κ3) is 3.10. The van der Waals surface area contributed by atoms with Gasteiger partial charge in [-0.3, -0.25) is 14.5 Å². The van der Waals surface area contributed by atoms with Crippen molar-refractivity contribution < 1.29 is 9.90 Å². The molecule has 0 atom stereocenters. The molecule has 1 amide bonds. The van der Waals surface area contributed by atoms with Gasteiger partial charge in [0.1, 0.15) is 0 Å². The molecular weight excluding hydrogens is 330 g/mol. The number of amides is 1. The summed E-state index contributed by atoms with van der Waals surface area (Å²) in [5.41, 5.74) is 0.817. The standard InChI is InChI=1S/C19H23N5O2/c1-2-24-13-16(11-21-24)18(25)22-9-5-19(26,6-10-22)14-23-8-4-15-3-7-20-12-17(15)23/h3-4,7-8,11-13,26H,2,5-6,9-10,14H2,1H3. The average molecular weight is 353 g/mol. The third-order valence-corrected chi connectivity index (χ3v) is 5.23. The predicted octanol–water partition coefficient (Wildman–Crippen LogP) is 1.92. The van der Waals surface area contributed by atoms with Crippen LogP contribution in [0.15, 0.2) is 43.1 Å². The Balaban J connectivity index is 1.42. The smallest absolute Gasteiger partial charge is 0.257 e. The molecule has 4 rings (SSSR count). The molecule has 0 radical (unpaired) electrons. The van der Waals surface area contributed by atoms with E-state index < -0.39 is 5.60 Å². The van der Waals surface area contributed by atoms with Gasteiger partial charge >= 0.3 is 0 Å². The number of aryl methyl sites for hydroxylation is 1. The Kier molecular flexibility index (Phi) is 4.24. The summed E-state index contributed by atoms with van der Waals surface area (Å²) in [5, 5.41) is 16.3. The summed E-state index contributed by atoms with van der Waals surface area (Å²) < 4.78 is 3.80. The van der Waals surface area contributed by atoms with E-state index in [0.717, 1.165) is 17.4 Å². The molecule has 1 saturated heterocycles. The lowest BCUT2D eigenvalue weighted by atomic mass is 9.91. The molecule has 0 aliphatic carbocycles. The van der Waals surface area contributed by atoms with Crippen molar-refractivity contribution in [3.8, 4) is 0 Å². The highest BCUT2D eigenvalue weighted by molar-refractivity contribution is 5.93. The lowest BCUT2D eigenvalue weighted by Crippen LogP contribution is -2.48. The number of nitrogens with zero attached hydrogens (tertiary/aromatic N) is 5. The molecule has 7 nitrogen and oxygen atoms in total. The van der Waals surface area contributed by atoms with E-state index in [4.69, 9.17) is 0 Å². The highest BCUT2D eigenvalue weighted by Crippen LogP contribution is 2.27. The molecule has 26 heavy (non-hydrogen) atoms. The molecule has 0 bridgehead atoms. The fourth-order valence-electron chi connectivity index (χ4n) is 3.60. The van der Waals surface area contributed by atoms with Crippen LogP contribution in [0.1, 0.15) is 30.1 Å². The normalized spacial score (nSPS) is 16.9. The van der Waals surface area contributed by atoms with Crippen molar-refractivity contribution in [2.75, 3.05) is 13.1 Å². The van der Waals surface area contributed by atoms with Crippen LogP contribution in [0.4, 0.5) is 0 Å². The summed E-state index contributed by atoms with van der Waals surface area (Å²) in [4.78, 5) is 18.6. The predicted molar refractivity (Wildman–Crippen MR) is 97.7 cm³/mol. The maximum Gasteiger partial charge on any atom is 0.257 e. The van der Waals surface area contributed by atoms with Crippen LogP contribution in [0, 0.1) is 0 Å². The van der Waals surface area contributed by atoms with Crippen LogP contribution in [0.3, 0.4) is 0 Å². The van der Waals surface area contributed by atoms with Crippen LogP contribution in [0.2, 0.25) is 0 Å². The van der Waals surface area contributed by atoms with Gasteiger partial charge in [-0.25, -0.2) is 0 Å². The van der Waals surface area contributed by atoms with Gasteiger partial charge in [0.05, 0.1) is 35.6 Å². The molecule has 136 valence electrons. The molecule has 1 aliphatic rings. The summed E-state index contributed by atoms with van der Waals surface area (Å²) in [7, 11) is 0. The highest BCUT2D eigenvalue weighted by atomic mass is 16.3. The molecule has 0 unspecified atom stereocenters. The van der Waals surface area contributed by atoms with Crippen molar-refractivity contribution in [2.24, 2.45) is 0 Å². The number of likely N-dealkylation sites (tertiary alicyclic amines) is 1. The maximum atomic E-state index is 12.6. The van der Waals surface area contributed by atoms with Crippen molar-refractivity contribution >= 4 is 16.8 Å². The van der Waals surface area contributed by atoms with Crippen molar-refractivity contribution in [3.05, 3.63) is 48.7 Å². The van der Waals surface area contributed by atoms with Crippen LogP contribution in [-0.2, 0) is 13.1 Å². The van der Waals surface area contributed by atoms with Crippen molar-refractivity contribution in [3.63, 3.8) is 0 Å². The van der Waals surface area contributed by atoms with E-state index in [2.05, 4.69) is 10.1 Å². The fourth-order valence-corrected chi connectivity index (χ4v) is 3.60. The zero-order chi connectivity index (χ0) is 18.1. The minimum atomic E-state index is -0.813. The molecule has 4 heterocycles. The van der Waals surface area contributed by atoms with Crippen molar-refractivity contribution in [1.82, 2.24) is 24.2 Å². The van der Waals surface area contributed by atoms with Gasteiger partial charge in [0.25, 0.3) is 5.91 Å². The summed E-state index contributed by atoms with van der Waals surface area (Å²) in [6, 6.07) is 4.00. The van der Waals surface area contributed by atoms with E-state index in [1.807, 2.05) is 36.0 Å². The number of carbonyl (C=O) groups excluding carboxylic acids is 1. The molecule has 0 aromatic carbocycles. The number of carbonyl (C=O) groups is 1. The van der Waals surface area contributed by atoms with Gasteiger partial charge in [-0.05, 0) is 31.9 Å². The number of aliphatic hydroxyl groups is 1. The molecule has 1 N–H and O–H groups in total. The lowest BCUT2D eigenvalue weighted by molar-refractivity contribution is -0.0283. The first-order valence-corrected chi connectivity index (χ1v) is 9.01. The molecule has 0 spiro atoms. The summed E-state index contributed by atoms with van der Waals surface area (Å²) in [6.07, 6.45) is 10.1. The first-order valence-electron chi connectivity index (χ1n) is 9.01. The zero-order valence-electron chi connectivity index (χ0n) is 14.9. The van der Waals surface area contributed by atoms with E-state index in [-0.39, 0.29) is 5.91 Å².